The highest BCUT2D eigenvalue weighted by Gasteiger charge is 2.57. The van der Waals surface area contributed by atoms with Gasteiger partial charge in [-0.2, -0.15) is 0 Å². The molecular formula is C15H20N2O. The molecule has 1 unspecified atom stereocenters. The van der Waals surface area contributed by atoms with E-state index >= 15 is 0 Å². The number of hydrogen-bond acceptors (Lipinski definition) is 2. The highest BCUT2D eigenvalue weighted by molar-refractivity contribution is 5.95. The minimum atomic E-state index is 0.211. The molecule has 1 spiro atoms. The van der Waals surface area contributed by atoms with Crippen molar-refractivity contribution in [2.75, 3.05) is 18.4 Å². The van der Waals surface area contributed by atoms with Gasteiger partial charge >= 0.3 is 0 Å². The molecule has 1 saturated heterocycles. The molecule has 1 amide bonds. The largest absolute Gasteiger partial charge is 0.326 e. The third-order valence-corrected chi connectivity index (χ3v) is 4.39. The molecule has 1 aliphatic carbocycles. The van der Waals surface area contributed by atoms with Crippen molar-refractivity contribution in [3.63, 3.8) is 0 Å². The molecule has 1 aliphatic heterocycles. The fourth-order valence-corrected chi connectivity index (χ4v) is 3.15. The fourth-order valence-electron chi connectivity index (χ4n) is 3.15. The van der Waals surface area contributed by atoms with Crippen molar-refractivity contribution in [3.05, 3.63) is 29.8 Å². The second kappa shape index (κ2) is 4.39. The molecule has 1 aromatic carbocycles. The van der Waals surface area contributed by atoms with Crippen LogP contribution in [0, 0.1) is 18.3 Å². The topological polar surface area (TPSA) is 41.1 Å². The molecule has 18 heavy (non-hydrogen) atoms. The van der Waals surface area contributed by atoms with Crippen LogP contribution in [0.4, 0.5) is 5.69 Å². The number of carbonyl (C=O) groups is 1. The minimum absolute atomic E-state index is 0.211. The number of nitrogens with one attached hydrogen (secondary N) is 2. The number of piperidine rings is 1. The predicted octanol–water partition coefficient (Wildman–Crippen LogP) is 2.32. The van der Waals surface area contributed by atoms with Crippen LogP contribution in [0.1, 0.15) is 24.8 Å². The van der Waals surface area contributed by atoms with Crippen molar-refractivity contribution in [1.82, 2.24) is 5.32 Å². The molecule has 1 atom stereocenters. The summed E-state index contributed by atoms with van der Waals surface area (Å²) in [4.78, 5) is 12.2. The molecule has 1 saturated carbocycles. The van der Waals surface area contributed by atoms with Gasteiger partial charge in [0.1, 0.15) is 0 Å². The zero-order chi connectivity index (χ0) is 12.6. The average Bonchev–Trinajstić information content (AvgIpc) is 3.04. The van der Waals surface area contributed by atoms with Crippen LogP contribution < -0.4 is 10.6 Å². The SMILES string of the molecule is Cc1cccc(NC(=O)C2CC23CCNCC3)c1. The highest BCUT2D eigenvalue weighted by atomic mass is 16.2. The summed E-state index contributed by atoms with van der Waals surface area (Å²) >= 11 is 0. The molecule has 2 aliphatic rings. The van der Waals surface area contributed by atoms with Gasteiger partial charge < -0.3 is 10.6 Å². The molecule has 1 heterocycles. The van der Waals surface area contributed by atoms with E-state index < -0.39 is 0 Å². The van der Waals surface area contributed by atoms with Gasteiger partial charge in [0.15, 0.2) is 0 Å². The summed E-state index contributed by atoms with van der Waals surface area (Å²) in [6.45, 7) is 4.17. The maximum Gasteiger partial charge on any atom is 0.228 e. The smallest absolute Gasteiger partial charge is 0.228 e. The summed E-state index contributed by atoms with van der Waals surface area (Å²) in [6, 6.07) is 8.01. The molecule has 2 N–H and O–H groups in total. The quantitative estimate of drug-likeness (QED) is 0.838. The molecule has 3 heteroatoms. The molecule has 0 aromatic heterocycles. The average molecular weight is 244 g/mol. The Balaban J connectivity index is 1.63. The number of benzene rings is 1. The van der Waals surface area contributed by atoms with Crippen molar-refractivity contribution in [3.8, 4) is 0 Å². The lowest BCUT2D eigenvalue weighted by atomic mass is 9.92. The third kappa shape index (κ3) is 2.15. The molecular weight excluding hydrogens is 224 g/mol. The fraction of sp³-hybridized carbons (Fsp3) is 0.533. The van der Waals surface area contributed by atoms with Crippen molar-refractivity contribution in [2.45, 2.75) is 26.2 Å². The van der Waals surface area contributed by atoms with Gasteiger partial charge in [0.25, 0.3) is 0 Å². The van der Waals surface area contributed by atoms with E-state index in [0.717, 1.165) is 38.0 Å². The van der Waals surface area contributed by atoms with Crippen LogP contribution in [-0.4, -0.2) is 19.0 Å². The zero-order valence-corrected chi connectivity index (χ0v) is 10.8. The van der Waals surface area contributed by atoms with Crippen LogP contribution in [0.5, 0.6) is 0 Å². The summed E-state index contributed by atoms with van der Waals surface area (Å²) in [5.41, 5.74) is 2.43. The molecule has 3 nitrogen and oxygen atoms in total. The Morgan fingerprint density at radius 2 is 2.17 bits per heavy atom. The normalized spacial score (nSPS) is 24.8. The van der Waals surface area contributed by atoms with E-state index in [2.05, 4.69) is 10.6 Å². The number of aryl methyl sites for hydroxylation is 1. The van der Waals surface area contributed by atoms with Gasteiger partial charge in [-0.3, -0.25) is 4.79 Å². The standard InChI is InChI=1S/C15H20N2O/c1-11-3-2-4-12(9-11)17-14(18)13-10-15(13)5-7-16-8-6-15/h2-4,9,13,16H,5-8,10H2,1H3,(H,17,18). The van der Waals surface area contributed by atoms with Crippen LogP contribution in [0.25, 0.3) is 0 Å². The van der Waals surface area contributed by atoms with Crippen LogP contribution in [-0.2, 0) is 4.79 Å². The van der Waals surface area contributed by atoms with E-state index in [0.29, 0.717) is 5.41 Å². The first-order valence-electron chi connectivity index (χ1n) is 6.78. The number of hydrogen-bond donors (Lipinski definition) is 2. The van der Waals surface area contributed by atoms with Gasteiger partial charge in [0.2, 0.25) is 5.91 Å². The number of carbonyl (C=O) groups excluding carboxylic acids is 1. The minimum Gasteiger partial charge on any atom is -0.326 e. The number of anilines is 1. The van der Waals surface area contributed by atoms with E-state index in [1.807, 2.05) is 31.2 Å². The van der Waals surface area contributed by atoms with Crippen molar-refractivity contribution in [1.29, 1.82) is 0 Å². The lowest BCUT2D eigenvalue weighted by Crippen LogP contribution is -2.31. The first-order chi connectivity index (χ1) is 8.70. The van der Waals surface area contributed by atoms with Gasteiger partial charge in [-0.05, 0) is 62.4 Å². The number of amides is 1. The summed E-state index contributed by atoms with van der Waals surface area (Å²) in [5, 5.41) is 6.42. The van der Waals surface area contributed by atoms with E-state index in [1.165, 1.54) is 5.56 Å². The highest BCUT2D eigenvalue weighted by Crippen LogP contribution is 2.58. The van der Waals surface area contributed by atoms with E-state index in [4.69, 9.17) is 0 Å². The van der Waals surface area contributed by atoms with Gasteiger partial charge in [0.05, 0.1) is 0 Å². The Morgan fingerprint density at radius 1 is 1.39 bits per heavy atom. The van der Waals surface area contributed by atoms with Gasteiger partial charge in [-0.15, -0.1) is 0 Å². The maximum absolute atomic E-state index is 12.2. The first-order valence-corrected chi connectivity index (χ1v) is 6.78. The van der Waals surface area contributed by atoms with E-state index in [1.54, 1.807) is 0 Å². The maximum atomic E-state index is 12.2. The van der Waals surface area contributed by atoms with Gasteiger partial charge in [0, 0.05) is 11.6 Å². The molecule has 3 rings (SSSR count). The second-order valence-corrected chi connectivity index (χ2v) is 5.73. The molecule has 0 bridgehead atoms. The zero-order valence-electron chi connectivity index (χ0n) is 10.8. The van der Waals surface area contributed by atoms with Crippen LogP contribution in [0.15, 0.2) is 24.3 Å². The van der Waals surface area contributed by atoms with Crippen molar-refractivity contribution < 1.29 is 4.79 Å². The van der Waals surface area contributed by atoms with Crippen LogP contribution in [0.3, 0.4) is 0 Å². The van der Waals surface area contributed by atoms with Crippen LogP contribution >= 0.6 is 0 Å². The summed E-state index contributed by atoms with van der Waals surface area (Å²) in [5.74, 6) is 0.447. The monoisotopic (exact) mass is 244 g/mol. The number of rotatable bonds is 2. The van der Waals surface area contributed by atoms with Crippen LogP contribution in [0.2, 0.25) is 0 Å². The van der Waals surface area contributed by atoms with E-state index in [-0.39, 0.29) is 11.8 Å². The summed E-state index contributed by atoms with van der Waals surface area (Å²) in [6.07, 6.45) is 3.38. The third-order valence-electron chi connectivity index (χ3n) is 4.39. The molecule has 1 aromatic rings. The molecule has 96 valence electrons. The van der Waals surface area contributed by atoms with Gasteiger partial charge in [-0.1, -0.05) is 12.1 Å². The Labute approximate surface area is 108 Å². The Bertz CT molecular complexity index is 463. The summed E-state index contributed by atoms with van der Waals surface area (Å²) in [7, 11) is 0. The molecule has 0 radical (unpaired) electrons. The van der Waals surface area contributed by atoms with Crippen molar-refractivity contribution in [2.24, 2.45) is 11.3 Å². The summed E-state index contributed by atoms with van der Waals surface area (Å²) < 4.78 is 0. The van der Waals surface area contributed by atoms with E-state index in [9.17, 15) is 4.79 Å². The predicted molar refractivity (Wildman–Crippen MR) is 72.5 cm³/mol. The first kappa shape index (κ1) is 11.7. The Morgan fingerprint density at radius 3 is 2.89 bits per heavy atom. The van der Waals surface area contributed by atoms with Crippen molar-refractivity contribution >= 4 is 11.6 Å². The Hall–Kier alpha value is -1.35. The lowest BCUT2D eigenvalue weighted by molar-refractivity contribution is -0.118. The molecule has 2 fully saturated rings. The second-order valence-electron chi connectivity index (χ2n) is 5.73. The lowest BCUT2D eigenvalue weighted by Gasteiger charge is -2.23. The Kier molecular flexibility index (Phi) is 2.86. The van der Waals surface area contributed by atoms with Gasteiger partial charge in [-0.25, -0.2) is 0 Å².